The summed E-state index contributed by atoms with van der Waals surface area (Å²) in [4.78, 5) is 15.4. The first-order valence-electron chi connectivity index (χ1n) is 7.52. The van der Waals surface area contributed by atoms with Crippen molar-refractivity contribution in [2.75, 3.05) is 17.7 Å². The zero-order valence-electron chi connectivity index (χ0n) is 13.3. The summed E-state index contributed by atoms with van der Waals surface area (Å²) >= 11 is 1.69. The third kappa shape index (κ3) is 3.16. The number of benzene rings is 2. The summed E-state index contributed by atoms with van der Waals surface area (Å²) in [6.07, 6.45) is 5.39. The third-order valence-corrected chi connectivity index (χ3v) is 4.43. The average molecular weight is 335 g/mol. The van der Waals surface area contributed by atoms with Crippen LogP contribution >= 0.6 is 11.8 Å². The first-order valence-corrected chi connectivity index (χ1v) is 8.74. The molecule has 2 aromatic carbocycles. The minimum Gasteiger partial charge on any atom is -0.302 e. The van der Waals surface area contributed by atoms with E-state index in [-0.39, 0.29) is 5.91 Å². The molecule has 0 radical (unpaired) electrons. The molecule has 2 aromatic rings. The number of para-hydroxylation sites is 1. The molecule has 0 unspecified atom stereocenters. The Kier molecular flexibility index (Phi) is 4.91. The first kappa shape index (κ1) is 16.2. The number of hydrogen-bond donors (Lipinski definition) is 0. The molecule has 1 aliphatic rings. The Hall–Kier alpha value is -2.66. The third-order valence-electron chi connectivity index (χ3n) is 3.69. The molecule has 0 aromatic heterocycles. The van der Waals surface area contributed by atoms with E-state index >= 15 is 0 Å². The SMILES string of the molecule is C=CCN1C(=O)/C(=N\N=C/c2ccc(SC)cc2)c2ccccc21. The van der Waals surface area contributed by atoms with Gasteiger partial charge in [0.15, 0.2) is 5.71 Å². The zero-order chi connectivity index (χ0) is 16.9. The fourth-order valence-corrected chi connectivity index (χ4v) is 2.92. The van der Waals surface area contributed by atoms with Crippen LogP contribution in [-0.4, -0.2) is 30.6 Å². The molecule has 0 saturated carbocycles. The normalized spacial score (nSPS) is 15.3. The molecule has 24 heavy (non-hydrogen) atoms. The molecular weight excluding hydrogens is 318 g/mol. The molecule has 120 valence electrons. The van der Waals surface area contributed by atoms with Gasteiger partial charge in [0.1, 0.15) is 0 Å². The molecule has 0 aliphatic carbocycles. The van der Waals surface area contributed by atoms with Gasteiger partial charge in [-0.15, -0.1) is 23.4 Å². The molecule has 0 spiro atoms. The highest BCUT2D eigenvalue weighted by Crippen LogP contribution is 2.29. The van der Waals surface area contributed by atoms with Crippen molar-refractivity contribution in [1.29, 1.82) is 0 Å². The molecular formula is C19H17N3OS. The molecule has 4 nitrogen and oxygen atoms in total. The van der Waals surface area contributed by atoms with Gasteiger partial charge < -0.3 is 4.90 Å². The quantitative estimate of drug-likeness (QED) is 0.361. The second-order valence-corrected chi connectivity index (χ2v) is 6.07. The fourth-order valence-electron chi connectivity index (χ4n) is 2.51. The van der Waals surface area contributed by atoms with E-state index in [0.717, 1.165) is 16.8 Å². The van der Waals surface area contributed by atoms with Gasteiger partial charge in [-0.2, -0.15) is 5.10 Å². The largest absolute Gasteiger partial charge is 0.302 e. The smallest absolute Gasteiger partial charge is 0.279 e. The van der Waals surface area contributed by atoms with E-state index in [1.54, 1.807) is 29.0 Å². The van der Waals surface area contributed by atoms with E-state index in [2.05, 4.69) is 16.8 Å². The van der Waals surface area contributed by atoms with E-state index in [1.165, 1.54) is 4.90 Å². The summed E-state index contributed by atoms with van der Waals surface area (Å²) in [7, 11) is 0. The highest BCUT2D eigenvalue weighted by Gasteiger charge is 2.32. The van der Waals surface area contributed by atoms with E-state index in [4.69, 9.17) is 0 Å². The van der Waals surface area contributed by atoms with Crippen molar-refractivity contribution in [3.8, 4) is 0 Å². The molecule has 0 bridgehead atoms. The van der Waals surface area contributed by atoms with Gasteiger partial charge in [0.25, 0.3) is 5.91 Å². The first-order chi connectivity index (χ1) is 11.7. The lowest BCUT2D eigenvalue weighted by molar-refractivity contribution is -0.112. The summed E-state index contributed by atoms with van der Waals surface area (Å²) in [6.45, 7) is 4.16. The molecule has 1 heterocycles. The Morgan fingerprint density at radius 1 is 1.17 bits per heavy atom. The van der Waals surface area contributed by atoms with Crippen LogP contribution in [0.5, 0.6) is 0 Å². The predicted molar refractivity (Wildman–Crippen MR) is 101 cm³/mol. The molecule has 1 aliphatic heterocycles. The molecule has 0 N–H and O–H groups in total. The highest BCUT2D eigenvalue weighted by atomic mass is 32.2. The number of fused-ring (bicyclic) bond motifs is 1. The summed E-state index contributed by atoms with van der Waals surface area (Å²) in [5, 5.41) is 8.28. The van der Waals surface area contributed by atoms with Crippen molar-refractivity contribution >= 4 is 35.3 Å². The number of nitrogens with zero attached hydrogens (tertiary/aromatic N) is 3. The lowest BCUT2D eigenvalue weighted by Crippen LogP contribution is -2.30. The standard InChI is InChI=1S/C19H17N3OS/c1-3-12-22-17-7-5-4-6-16(17)18(19(22)23)21-20-13-14-8-10-15(24-2)11-9-14/h3-11,13H,1,12H2,2H3/b20-13-,21-18-. The van der Waals surface area contributed by atoms with Crippen molar-refractivity contribution in [3.63, 3.8) is 0 Å². The van der Waals surface area contributed by atoms with Crippen molar-refractivity contribution < 1.29 is 4.79 Å². The number of hydrogen-bond acceptors (Lipinski definition) is 4. The fraction of sp³-hybridized carbons (Fsp3) is 0.105. The van der Waals surface area contributed by atoms with Crippen molar-refractivity contribution in [1.82, 2.24) is 0 Å². The van der Waals surface area contributed by atoms with Crippen LogP contribution in [-0.2, 0) is 4.79 Å². The number of amides is 1. The molecule has 0 fully saturated rings. The predicted octanol–water partition coefficient (Wildman–Crippen LogP) is 3.76. The summed E-state index contributed by atoms with van der Waals surface area (Å²) in [5.41, 5.74) is 2.96. The van der Waals surface area contributed by atoms with Crippen molar-refractivity contribution in [2.45, 2.75) is 4.90 Å². The molecule has 1 amide bonds. The maximum atomic E-state index is 12.5. The highest BCUT2D eigenvalue weighted by molar-refractivity contribution is 7.98. The van der Waals surface area contributed by atoms with Crippen molar-refractivity contribution in [2.24, 2.45) is 10.2 Å². The lowest BCUT2D eigenvalue weighted by Gasteiger charge is -2.13. The zero-order valence-corrected chi connectivity index (χ0v) is 14.2. The Bertz CT molecular complexity index is 825. The van der Waals surface area contributed by atoms with E-state index in [9.17, 15) is 4.79 Å². The van der Waals surface area contributed by atoms with Gasteiger partial charge in [0.05, 0.1) is 11.9 Å². The number of rotatable bonds is 5. The van der Waals surface area contributed by atoms with E-state index < -0.39 is 0 Å². The van der Waals surface area contributed by atoms with Crippen LogP contribution in [0.1, 0.15) is 11.1 Å². The van der Waals surface area contributed by atoms with Crippen LogP contribution in [0.2, 0.25) is 0 Å². The summed E-state index contributed by atoms with van der Waals surface area (Å²) in [6, 6.07) is 15.6. The monoisotopic (exact) mass is 335 g/mol. The Morgan fingerprint density at radius 3 is 2.62 bits per heavy atom. The minimum atomic E-state index is -0.147. The van der Waals surface area contributed by atoms with E-state index in [0.29, 0.717) is 12.3 Å². The topological polar surface area (TPSA) is 45.0 Å². The maximum Gasteiger partial charge on any atom is 0.279 e. The second-order valence-electron chi connectivity index (χ2n) is 5.19. The van der Waals surface area contributed by atoms with Gasteiger partial charge in [-0.1, -0.05) is 36.4 Å². The maximum absolute atomic E-state index is 12.5. The van der Waals surface area contributed by atoms with Gasteiger partial charge >= 0.3 is 0 Å². The van der Waals surface area contributed by atoms with Gasteiger partial charge in [-0.05, 0) is 30.0 Å². The van der Waals surface area contributed by atoms with Crippen LogP contribution in [0.15, 0.2) is 76.3 Å². The Morgan fingerprint density at radius 2 is 1.92 bits per heavy atom. The molecule has 5 heteroatoms. The summed E-state index contributed by atoms with van der Waals surface area (Å²) in [5.74, 6) is -0.147. The number of carbonyl (C=O) groups is 1. The summed E-state index contributed by atoms with van der Waals surface area (Å²) < 4.78 is 0. The number of thioether (sulfide) groups is 1. The Labute approximate surface area is 145 Å². The van der Waals surface area contributed by atoms with Crippen LogP contribution in [0.4, 0.5) is 5.69 Å². The van der Waals surface area contributed by atoms with Gasteiger partial charge in [0.2, 0.25) is 0 Å². The Balaban J connectivity index is 1.87. The average Bonchev–Trinajstić information content (AvgIpc) is 2.88. The number of anilines is 1. The van der Waals surface area contributed by atoms with Crippen LogP contribution < -0.4 is 4.90 Å². The van der Waals surface area contributed by atoms with Crippen LogP contribution in [0, 0.1) is 0 Å². The second kappa shape index (κ2) is 7.27. The van der Waals surface area contributed by atoms with Crippen molar-refractivity contribution in [3.05, 3.63) is 72.3 Å². The molecule has 3 rings (SSSR count). The van der Waals surface area contributed by atoms with Crippen LogP contribution in [0.3, 0.4) is 0 Å². The minimum absolute atomic E-state index is 0.147. The van der Waals surface area contributed by atoms with E-state index in [1.807, 2.05) is 54.8 Å². The molecule has 0 atom stereocenters. The van der Waals surface area contributed by atoms with Crippen LogP contribution in [0.25, 0.3) is 0 Å². The van der Waals surface area contributed by atoms with Gasteiger partial charge in [0, 0.05) is 17.0 Å². The lowest BCUT2D eigenvalue weighted by atomic mass is 10.1. The van der Waals surface area contributed by atoms with Gasteiger partial charge in [-0.25, -0.2) is 0 Å². The number of carbonyl (C=O) groups excluding carboxylic acids is 1. The molecule has 0 saturated heterocycles. The van der Waals surface area contributed by atoms with Gasteiger partial charge in [-0.3, -0.25) is 4.79 Å².